The Morgan fingerprint density at radius 1 is 1.41 bits per heavy atom. The molecule has 0 saturated carbocycles. The first kappa shape index (κ1) is 14.0. The van der Waals surface area contributed by atoms with Crippen molar-refractivity contribution in [2.75, 3.05) is 7.11 Å². The molecule has 3 nitrogen and oxygen atoms in total. The van der Waals surface area contributed by atoms with Gasteiger partial charge in [-0.2, -0.15) is 0 Å². The van der Waals surface area contributed by atoms with Crippen molar-refractivity contribution in [3.8, 4) is 5.75 Å². The maximum Gasteiger partial charge on any atom is 0.128 e. The molecule has 0 spiro atoms. The molecule has 0 amide bonds. The molecule has 2 unspecified atom stereocenters. The molecular weight excluding hydrogens is 212 g/mol. The highest BCUT2D eigenvalue weighted by Gasteiger charge is 2.16. The highest BCUT2D eigenvalue weighted by molar-refractivity contribution is 5.41. The quantitative estimate of drug-likeness (QED) is 0.855. The van der Waals surface area contributed by atoms with Gasteiger partial charge in [-0.1, -0.05) is 13.8 Å². The average molecular weight is 236 g/mol. The van der Waals surface area contributed by atoms with Gasteiger partial charge in [0.1, 0.15) is 5.75 Å². The van der Waals surface area contributed by atoms with Crippen LogP contribution in [0.3, 0.4) is 0 Å². The minimum atomic E-state index is 0.239. The predicted octanol–water partition coefficient (Wildman–Crippen LogP) is 2.62. The van der Waals surface area contributed by atoms with Gasteiger partial charge < -0.3 is 10.5 Å². The van der Waals surface area contributed by atoms with Crippen molar-refractivity contribution in [2.45, 2.75) is 46.6 Å². The fraction of sp³-hybridized carbons (Fsp3) is 0.643. The molecule has 0 aliphatic rings. The summed E-state index contributed by atoms with van der Waals surface area (Å²) in [4.78, 5) is 4.51. The van der Waals surface area contributed by atoms with Crippen LogP contribution < -0.4 is 10.5 Å². The number of aryl methyl sites for hydroxylation is 1. The van der Waals surface area contributed by atoms with Crippen LogP contribution in [0, 0.1) is 19.8 Å². The zero-order valence-electron chi connectivity index (χ0n) is 11.6. The van der Waals surface area contributed by atoms with Crippen molar-refractivity contribution in [2.24, 2.45) is 11.7 Å². The minimum absolute atomic E-state index is 0.239. The lowest BCUT2D eigenvalue weighted by Gasteiger charge is -2.20. The summed E-state index contributed by atoms with van der Waals surface area (Å²) in [5.74, 6) is 1.39. The minimum Gasteiger partial charge on any atom is -0.496 e. The van der Waals surface area contributed by atoms with Crippen molar-refractivity contribution >= 4 is 0 Å². The molecule has 0 radical (unpaired) electrons. The Morgan fingerprint density at radius 2 is 2.06 bits per heavy atom. The first-order valence-corrected chi connectivity index (χ1v) is 6.25. The van der Waals surface area contributed by atoms with Crippen molar-refractivity contribution < 1.29 is 4.74 Å². The number of hydrogen-bond acceptors (Lipinski definition) is 3. The summed E-state index contributed by atoms with van der Waals surface area (Å²) in [6.07, 6.45) is 3.80. The van der Waals surface area contributed by atoms with Crippen LogP contribution in [-0.2, 0) is 6.42 Å². The molecule has 3 heteroatoms. The third-order valence-corrected chi connectivity index (χ3v) is 3.47. The Morgan fingerprint density at radius 3 is 2.59 bits per heavy atom. The molecule has 1 aromatic heterocycles. The van der Waals surface area contributed by atoms with E-state index in [1.807, 2.05) is 13.1 Å². The Labute approximate surface area is 104 Å². The topological polar surface area (TPSA) is 48.1 Å². The van der Waals surface area contributed by atoms with Crippen LogP contribution in [0.25, 0.3) is 0 Å². The van der Waals surface area contributed by atoms with Gasteiger partial charge in [0, 0.05) is 29.1 Å². The van der Waals surface area contributed by atoms with E-state index in [9.17, 15) is 0 Å². The Kier molecular flexibility index (Phi) is 4.94. The van der Waals surface area contributed by atoms with Gasteiger partial charge in [-0.25, -0.2) is 0 Å². The number of nitrogens with two attached hydrogens (primary N) is 1. The smallest absolute Gasteiger partial charge is 0.128 e. The van der Waals surface area contributed by atoms with E-state index in [1.54, 1.807) is 7.11 Å². The van der Waals surface area contributed by atoms with Crippen LogP contribution in [-0.4, -0.2) is 18.1 Å². The fourth-order valence-electron chi connectivity index (χ4n) is 2.14. The van der Waals surface area contributed by atoms with E-state index < -0.39 is 0 Å². The van der Waals surface area contributed by atoms with Crippen molar-refractivity contribution in [1.82, 2.24) is 4.98 Å². The normalized spacial score (nSPS) is 14.5. The molecule has 0 saturated heterocycles. The van der Waals surface area contributed by atoms with Gasteiger partial charge in [0.2, 0.25) is 0 Å². The van der Waals surface area contributed by atoms with E-state index in [2.05, 4.69) is 25.8 Å². The standard InChI is InChI=1S/C14H24N2O/c1-6-12(15)9(2)7-13-11(4)14(17-5)10(3)8-16-13/h8-9,12H,6-7,15H2,1-5H3. The van der Waals surface area contributed by atoms with E-state index >= 15 is 0 Å². The largest absolute Gasteiger partial charge is 0.496 e. The molecule has 0 fully saturated rings. The molecule has 1 heterocycles. The van der Waals surface area contributed by atoms with Gasteiger partial charge in [-0.05, 0) is 32.6 Å². The first-order valence-electron chi connectivity index (χ1n) is 6.25. The SMILES string of the molecule is CCC(N)C(C)Cc1ncc(C)c(OC)c1C. The van der Waals surface area contributed by atoms with Gasteiger partial charge in [0.05, 0.1) is 7.11 Å². The van der Waals surface area contributed by atoms with E-state index in [-0.39, 0.29) is 6.04 Å². The Balaban J connectivity index is 2.92. The van der Waals surface area contributed by atoms with E-state index in [1.165, 1.54) is 0 Å². The summed E-state index contributed by atoms with van der Waals surface area (Å²) in [6.45, 7) is 8.39. The van der Waals surface area contributed by atoms with Crippen LogP contribution in [0.15, 0.2) is 6.20 Å². The van der Waals surface area contributed by atoms with Gasteiger partial charge in [0.15, 0.2) is 0 Å². The lowest BCUT2D eigenvalue weighted by atomic mass is 9.93. The lowest BCUT2D eigenvalue weighted by Crippen LogP contribution is -2.29. The molecule has 1 rings (SSSR count). The van der Waals surface area contributed by atoms with Gasteiger partial charge in [0.25, 0.3) is 0 Å². The summed E-state index contributed by atoms with van der Waals surface area (Å²) in [7, 11) is 1.71. The number of pyridine rings is 1. The van der Waals surface area contributed by atoms with Crippen LogP contribution in [0.5, 0.6) is 5.75 Å². The molecule has 2 N–H and O–H groups in total. The number of methoxy groups -OCH3 is 1. The fourth-order valence-corrected chi connectivity index (χ4v) is 2.14. The van der Waals surface area contributed by atoms with Crippen LogP contribution in [0.4, 0.5) is 0 Å². The third-order valence-electron chi connectivity index (χ3n) is 3.47. The zero-order valence-corrected chi connectivity index (χ0v) is 11.6. The maximum atomic E-state index is 6.06. The molecule has 0 aliphatic carbocycles. The molecule has 0 bridgehead atoms. The molecule has 0 aliphatic heterocycles. The molecule has 2 atom stereocenters. The van der Waals surface area contributed by atoms with Crippen LogP contribution in [0.1, 0.15) is 37.1 Å². The monoisotopic (exact) mass is 236 g/mol. The highest BCUT2D eigenvalue weighted by Crippen LogP contribution is 2.26. The number of aromatic nitrogens is 1. The lowest BCUT2D eigenvalue weighted by molar-refractivity contribution is 0.403. The summed E-state index contributed by atoms with van der Waals surface area (Å²) in [6, 6.07) is 0.239. The molecular formula is C14H24N2O. The van der Waals surface area contributed by atoms with Crippen molar-refractivity contribution in [3.63, 3.8) is 0 Å². The number of nitrogens with zero attached hydrogens (tertiary/aromatic N) is 1. The van der Waals surface area contributed by atoms with E-state index in [0.29, 0.717) is 5.92 Å². The maximum absolute atomic E-state index is 6.06. The second kappa shape index (κ2) is 6.01. The number of hydrogen-bond donors (Lipinski definition) is 1. The van der Waals surface area contributed by atoms with Gasteiger partial charge >= 0.3 is 0 Å². The Bertz CT molecular complexity index is 377. The summed E-state index contributed by atoms with van der Waals surface area (Å²) < 4.78 is 5.41. The van der Waals surface area contributed by atoms with Crippen molar-refractivity contribution in [3.05, 3.63) is 23.0 Å². The van der Waals surface area contributed by atoms with E-state index in [4.69, 9.17) is 10.5 Å². The predicted molar refractivity (Wildman–Crippen MR) is 71.4 cm³/mol. The Hall–Kier alpha value is -1.09. The van der Waals surface area contributed by atoms with E-state index in [0.717, 1.165) is 35.4 Å². The van der Waals surface area contributed by atoms with Crippen LogP contribution in [0.2, 0.25) is 0 Å². The molecule has 96 valence electrons. The van der Waals surface area contributed by atoms with Crippen LogP contribution >= 0.6 is 0 Å². The second-order valence-electron chi connectivity index (χ2n) is 4.80. The summed E-state index contributed by atoms with van der Waals surface area (Å²) in [5.41, 5.74) is 9.38. The van der Waals surface area contributed by atoms with Crippen molar-refractivity contribution in [1.29, 1.82) is 0 Å². The third kappa shape index (κ3) is 3.19. The van der Waals surface area contributed by atoms with Gasteiger partial charge in [-0.15, -0.1) is 0 Å². The number of ether oxygens (including phenoxy) is 1. The first-order chi connectivity index (χ1) is 8.01. The zero-order chi connectivity index (χ0) is 13.0. The summed E-state index contributed by atoms with van der Waals surface area (Å²) in [5, 5.41) is 0. The highest BCUT2D eigenvalue weighted by atomic mass is 16.5. The average Bonchev–Trinajstić information content (AvgIpc) is 2.32. The molecule has 0 aromatic carbocycles. The summed E-state index contributed by atoms with van der Waals surface area (Å²) >= 11 is 0. The number of rotatable bonds is 5. The molecule has 17 heavy (non-hydrogen) atoms. The second-order valence-corrected chi connectivity index (χ2v) is 4.80. The van der Waals surface area contributed by atoms with Gasteiger partial charge in [-0.3, -0.25) is 4.98 Å². The molecule has 1 aromatic rings.